The Labute approximate surface area is 122 Å². The van der Waals surface area contributed by atoms with Crippen molar-refractivity contribution in [2.24, 2.45) is 5.92 Å². The van der Waals surface area contributed by atoms with E-state index in [9.17, 15) is 4.79 Å². The number of rotatable bonds is 4. The second-order valence-electron chi connectivity index (χ2n) is 6.75. The van der Waals surface area contributed by atoms with Gasteiger partial charge in [0.1, 0.15) is 0 Å². The van der Waals surface area contributed by atoms with Crippen molar-refractivity contribution >= 4 is 5.91 Å². The van der Waals surface area contributed by atoms with Gasteiger partial charge in [-0.2, -0.15) is 0 Å². The summed E-state index contributed by atoms with van der Waals surface area (Å²) < 4.78 is 0. The third-order valence-corrected chi connectivity index (χ3v) is 5.44. The fraction of sp³-hybridized carbons (Fsp3) is 0.938. The maximum absolute atomic E-state index is 12.3. The number of nitrogens with one attached hydrogen (secondary N) is 1. The Morgan fingerprint density at radius 3 is 2.45 bits per heavy atom. The highest BCUT2D eigenvalue weighted by Crippen LogP contribution is 2.24. The summed E-state index contributed by atoms with van der Waals surface area (Å²) in [6.45, 7) is 6.36. The Hall–Kier alpha value is -0.610. The molecule has 4 nitrogen and oxygen atoms in total. The van der Waals surface area contributed by atoms with Gasteiger partial charge in [-0.15, -0.1) is 0 Å². The molecule has 0 spiro atoms. The minimum Gasteiger partial charge on any atom is -0.340 e. The van der Waals surface area contributed by atoms with E-state index < -0.39 is 0 Å². The minimum absolute atomic E-state index is 0.392. The molecule has 0 aromatic carbocycles. The quantitative estimate of drug-likeness (QED) is 0.846. The molecule has 20 heavy (non-hydrogen) atoms. The van der Waals surface area contributed by atoms with Gasteiger partial charge in [0.05, 0.1) is 0 Å². The van der Waals surface area contributed by atoms with Crippen LogP contribution in [-0.2, 0) is 4.79 Å². The molecular weight excluding hydrogens is 250 g/mol. The van der Waals surface area contributed by atoms with Gasteiger partial charge >= 0.3 is 0 Å². The van der Waals surface area contributed by atoms with Gasteiger partial charge in [-0.05, 0) is 44.7 Å². The van der Waals surface area contributed by atoms with Crippen LogP contribution in [0.25, 0.3) is 0 Å². The summed E-state index contributed by atoms with van der Waals surface area (Å²) in [5.41, 5.74) is 0. The highest BCUT2D eigenvalue weighted by Gasteiger charge is 2.28. The van der Waals surface area contributed by atoms with Crippen LogP contribution in [0, 0.1) is 5.92 Å². The molecule has 3 fully saturated rings. The Balaban J connectivity index is 1.37. The summed E-state index contributed by atoms with van der Waals surface area (Å²) in [5.74, 6) is 1.13. The standard InChI is InChI=1S/C16H29N3O/c20-16(6-5-14-7-8-17-13-14)19-11-9-18(10-12-19)15-3-1-2-4-15/h14-15,17H,1-13H2. The fourth-order valence-corrected chi connectivity index (χ4v) is 4.05. The van der Waals surface area contributed by atoms with E-state index in [2.05, 4.69) is 15.1 Å². The molecule has 2 aliphatic heterocycles. The first-order chi connectivity index (χ1) is 9.83. The molecule has 0 aromatic heterocycles. The lowest BCUT2D eigenvalue weighted by Gasteiger charge is -2.38. The SMILES string of the molecule is O=C(CCC1CCNC1)N1CCN(C2CCCC2)CC1. The van der Waals surface area contributed by atoms with E-state index >= 15 is 0 Å². The van der Waals surface area contributed by atoms with Crippen molar-refractivity contribution in [2.45, 2.75) is 51.0 Å². The first-order valence-electron chi connectivity index (χ1n) is 8.55. The molecule has 2 saturated heterocycles. The van der Waals surface area contributed by atoms with Gasteiger partial charge in [0.2, 0.25) is 5.91 Å². The molecule has 0 aromatic rings. The lowest BCUT2D eigenvalue weighted by Crippen LogP contribution is -2.51. The van der Waals surface area contributed by atoms with Crippen molar-refractivity contribution in [1.82, 2.24) is 15.1 Å². The van der Waals surface area contributed by atoms with Crippen molar-refractivity contribution in [3.63, 3.8) is 0 Å². The number of hydrogen-bond acceptors (Lipinski definition) is 3. The van der Waals surface area contributed by atoms with Crippen molar-refractivity contribution in [1.29, 1.82) is 0 Å². The number of hydrogen-bond donors (Lipinski definition) is 1. The zero-order valence-electron chi connectivity index (χ0n) is 12.6. The molecule has 4 heteroatoms. The molecule has 1 unspecified atom stereocenters. The van der Waals surface area contributed by atoms with Crippen LogP contribution < -0.4 is 5.32 Å². The van der Waals surface area contributed by atoms with Gasteiger partial charge in [0, 0.05) is 38.6 Å². The normalized spacial score (nSPS) is 29.2. The molecule has 1 amide bonds. The number of carbonyl (C=O) groups excluding carboxylic acids is 1. The molecular formula is C16H29N3O. The second-order valence-corrected chi connectivity index (χ2v) is 6.75. The summed E-state index contributed by atoms with van der Waals surface area (Å²) in [5, 5.41) is 3.38. The number of piperazine rings is 1. The zero-order valence-corrected chi connectivity index (χ0v) is 12.6. The third kappa shape index (κ3) is 3.53. The number of amides is 1. The van der Waals surface area contributed by atoms with Crippen LogP contribution in [0.3, 0.4) is 0 Å². The van der Waals surface area contributed by atoms with Gasteiger partial charge in [-0.3, -0.25) is 9.69 Å². The Bertz CT molecular complexity index is 314. The van der Waals surface area contributed by atoms with Crippen LogP contribution >= 0.6 is 0 Å². The molecule has 1 N–H and O–H groups in total. The smallest absolute Gasteiger partial charge is 0.222 e. The molecule has 3 aliphatic rings. The highest BCUT2D eigenvalue weighted by atomic mass is 16.2. The van der Waals surface area contributed by atoms with E-state index in [-0.39, 0.29) is 0 Å². The van der Waals surface area contributed by atoms with Crippen LogP contribution in [0.1, 0.15) is 44.9 Å². The van der Waals surface area contributed by atoms with Gasteiger partial charge in [0.15, 0.2) is 0 Å². The third-order valence-electron chi connectivity index (χ3n) is 5.44. The summed E-state index contributed by atoms with van der Waals surface area (Å²) in [4.78, 5) is 17.0. The van der Waals surface area contributed by atoms with Crippen LogP contribution in [0.5, 0.6) is 0 Å². The predicted octanol–water partition coefficient (Wildman–Crippen LogP) is 1.46. The van der Waals surface area contributed by atoms with Crippen molar-refractivity contribution < 1.29 is 4.79 Å². The van der Waals surface area contributed by atoms with Gasteiger partial charge in [-0.1, -0.05) is 12.8 Å². The van der Waals surface area contributed by atoms with Crippen LogP contribution in [0.2, 0.25) is 0 Å². The number of carbonyl (C=O) groups is 1. The van der Waals surface area contributed by atoms with Crippen LogP contribution in [-0.4, -0.2) is 61.0 Å². The molecule has 0 bridgehead atoms. The van der Waals surface area contributed by atoms with Crippen LogP contribution in [0.4, 0.5) is 0 Å². The zero-order chi connectivity index (χ0) is 13.8. The van der Waals surface area contributed by atoms with E-state index in [4.69, 9.17) is 0 Å². The molecule has 2 heterocycles. The van der Waals surface area contributed by atoms with E-state index in [1.54, 1.807) is 0 Å². The molecule has 1 atom stereocenters. The monoisotopic (exact) mass is 279 g/mol. The van der Waals surface area contributed by atoms with Gasteiger partial charge in [0.25, 0.3) is 0 Å². The predicted molar refractivity (Wildman–Crippen MR) is 80.6 cm³/mol. The lowest BCUT2D eigenvalue weighted by atomic mass is 10.0. The number of nitrogens with zero attached hydrogens (tertiary/aromatic N) is 2. The fourth-order valence-electron chi connectivity index (χ4n) is 4.05. The largest absolute Gasteiger partial charge is 0.340 e. The van der Waals surface area contributed by atoms with Crippen molar-refractivity contribution in [2.75, 3.05) is 39.3 Å². The average Bonchev–Trinajstić information content (AvgIpc) is 3.18. The molecule has 1 saturated carbocycles. The van der Waals surface area contributed by atoms with Crippen LogP contribution in [0.15, 0.2) is 0 Å². The lowest BCUT2D eigenvalue weighted by molar-refractivity contribution is -0.133. The molecule has 0 radical (unpaired) electrons. The topological polar surface area (TPSA) is 35.6 Å². The Morgan fingerprint density at radius 2 is 1.80 bits per heavy atom. The molecule has 3 rings (SSSR count). The maximum Gasteiger partial charge on any atom is 0.222 e. The summed E-state index contributed by atoms with van der Waals surface area (Å²) in [6.07, 6.45) is 8.65. The van der Waals surface area contributed by atoms with Gasteiger partial charge in [-0.25, -0.2) is 0 Å². The van der Waals surface area contributed by atoms with E-state index in [0.717, 1.165) is 64.1 Å². The first kappa shape index (κ1) is 14.3. The molecule has 114 valence electrons. The van der Waals surface area contributed by atoms with Crippen molar-refractivity contribution in [3.05, 3.63) is 0 Å². The second kappa shape index (κ2) is 6.90. The van der Waals surface area contributed by atoms with Gasteiger partial charge < -0.3 is 10.2 Å². The first-order valence-corrected chi connectivity index (χ1v) is 8.55. The molecule has 1 aliphatic carbocycles. The Morgan fingerprint density at radius 1 is 1.05 bits per heavy atom. The summed E-state index contributed by atoms with van der Waals surface area (Å²) >= 11 is 0. The summed E-state index contributed by atoms with van der Waals surface area (Å²) in [6, 6.07) is 0.816. The minimum atomic E-state index is 0.392. The van der Waals surface area contributed by atoms with E-state index in [1.807, 2.05) is 0 Å². The summed E-state index contributed by atoms with van der Waals surface area (Å²) in [7, 11) is 0. The van der Waals surface area contributed by atoms with E-state index in [1.165, 1.54) is 32.1 Å². The highest BCUT2D eigenvalue weighted by molar-refractivity contribution is 5.76. The van der Waals surface area contributed by atoms with E-state index in [0.29, 0.717) is 5.91 Å². The van der Waals surface area contributed by atoms with Crippen molar-refractivity contribution in [3.8, 4) is 0 Å². The Kier molecular flexibility index (Phi) is 4.94. The average molecular weight is 279 g/mol. The maximum atomic E-state index is 12.3.